The third kappa shape index (κ3) is 5.69. The lowest BCUT2D eigenvalue weighted by Gasteiger charge is -2.40. The number of Topliss-reactive ketones (excluding diaryl/α,β-unsaturated/α-hetero) is 2. The zero-order chi connectivity index (χ0) is 31.0. The van der Waals surface area contributed by atoms with E-state index in [1.807, 2.05) is 13.8 Å². The molecule has 0 amide bonds. The molecule has 0 saturated carbocycles. The fourth-order valence-corrected chi connectivity index (χ4v) is 7.09. The van der Waals surface area contributed by atoms with E-state index in [9.17, 15) is 36.4 Å². The number of carbonyl (C=O) groups is 3. The van der Waals surface area contributed by atoms with E-state index in [0.717, 1.165) is 12.3 Å². The Morgan fingerprint density at radius 3 is 2.52 bits per heavy atom. The highest BCUT2D eigenvalue weighted by Gasteiger charge is 2.54. The lowest BCUT2D eigenvalue weighted by molar-refractivity contribution is -0.141. The maximum atomic E-state index is 14.0. The molecular formula is C27H32N4O9S2. The van der Waals surface area contributed by atoms with Gasteiger partial charge in [0.05, 0.1) is 24.2 Å². The smallest absolute Gasteiger partial charge is 0.326 e. The zero-order valence-electron chi connectivity index (χ0n) is 23.4. The van der Waals surface area contributed by atoms with Crippen LogP contribution in [0.2, 0.25) is 0 Å². The number of nitrogens with one attached hydrogen (secondary N) is 2. The lowest BCUT2D eigenvalue weighted by Crippen LogP contribution is -2.58. The molecule has 1 aliphatic carbocycles. The van der Waals surface area contributed by atoms with Gasteiger partial charge in [-0.15, -0.1) is 4.40 Å². The van der Waals surface area contributed by atoms with E-state index < -0.39 is 66.3 Å². The number of hydroxylamine groups is 1. The third-order valence-corrected chi connectivity index (χ3v) is 9.62. The minimum Gasteiger partial charge on any atom is -0.465 e. The van der Waals surface area contributed by atoms with Gasteiger partial charge in [-0.3, -0.25) is 18.7 Å². The topological polar surface area (TPSA) is 189 Å². The van der Waals surface area contributed by atoms with Crippen LogP contribution in [-0.2, 0) is 39.9 Å². The molecule has 2 unspecified atom stereocenters. The molecule has 1 aliphatic heterocycles. The van der Waals surface area contributed by atoms with Crippen molar-refractivity contribution in [3.05, 3.63) is 53.6 Å². The first kappa shape index (κ1) is 31.3. The number of amidine groups is 1. The molecule has 0 spiro atoms. The van der Waals surface area contributed by atoms with Gasteiger partial charge in [-0.25, -0.2) is 8.42 Å². The highest BCUT2D eigenvalue weighted by molar-refractivity contribution is 7.92. The zero-order valence-corrected chi connectivity index (χ0v) is 25.1. The minimum atomic E-state index is -4.57. The largest absolute Gasteiger partial charge is 0.465 e. The first-order valence-corrected chi connectivity index (χ1v) is 16.4. The summed E-state index contributed by atoms with van der Waals surface area (Å²) in [7, 11) is -8.61. The van der Waals surface area contributed by atoms with Gasteiger partial charge in [-0.2, -0.15) is 13.9 Å². The summed E-state index contributed by atoms with van der Waals surface area (Å²) < 4.78 is 61.0. The Balaban J connectivity index is 1.79. The van der Waals surface area contributed by atoms with E-state index >= 15 is 0 Å². The normalized spacial score (nSPS) is 21.2. The number of carbonyl (C=O) groups excluding carboxylic acids is 3. The molecule has 0 fully saturated rings. The molecule has 2 aromatic carbocycles. The van der Waals surface area contributed by atoms with Crippen LogP contribution in [0.5, 0.6) is 0 Å². The summed E-state index contributed by atoms with van der Waals surface area (Å²) >= 11 is 0. The first-order valence-electron chi connectivity index (χ1n) is 13.1. The van der Waals surface area contributed by atoms with Crippen molar-refractivity contribution >= 4 is 54.8 Å². The third-order valence-electron chi connectivity index (χ3n) is 7.15. The number of nitrogens with zero attached hydrogens (tertiary/aromatic N) is 2. The van der Waals surface area contributed by atoms with Crippen molar-refractivity contribution in [1.29, 1.82) is 0 Å². The Labute approximate surface area is 244 Å². The van der Waals surface area contributed by atoms with E-state index in [2.05, 4.69) is 15.2 Å². The average Bonchev–Trinajstić information content (AvgIpc) is 2.91. The van der Waals surface area contributed by atoms with Gasteiger partial charge < -0.3 is 15.3 Å². The van der Waals surface area contributed by atoms with Crippen LogP contribution in [0.3, 0.4) is 0 Å². The van der Waals surface area contributed by atoms with Crippen molar-refractivity contribution < 1.29 is 41.2 Å². The second-order valence-electron chi connectivity index (χ2n) is 10.5. The molecule has 2 aromatic rings. The number of sulfonamides is 2. The summed E-state index contributed by atoms with van der Waals surface area (Å²) in [5, 5.41) is 13.1. The van der Waals surface area contributed by atoms with Gasteiger partial charge >= 0.3 is 5.97 Å². The second kappa shape index (κ2) is 11.6. The van der Waals surface area contributed by atoms with Crippen molar-refractivity contribution in [3.63, 3.8) is 0 Å². The first-order chi connectivity index (χ1) is 19.7. The molecule has 1 heterocycles. The maximum Gasteiger partial charge on any atom is 0.326 e. The molecule has 15 heteroatoms. The molecule has 0 saturated heterocycles. The molecule has 3 N–H and O–H groups in total. The average molecular weight is 621 g/mol. The molecule has 226 valence electrons. The SMILES string of the molecule is CCOC(=O)CN(c1ccc2c(c1)S(=O)(=O)N=C(C1C(=O)c3ccccc3C(CCC(C)C)(NO)C1=O)N2)S(C)(=O)=O. The van der Waals surface area contributed by atoms with Gasteiger partial charge in [0.2, 0.25) is 10.0 Å². The number of rotatable bonds is 10. The Bertz CT molecular complexity index is 1690. The van der Waals surface area contributed by atoms with Gasteiger partial charge in [0.15, 0.2) is 11.6 Å². The summed E-state index contributed by atoms with van der Waals surface area (Å²) in [6.45, 7) is 4.76. The second-order valence-corrected chi connectivity index (χ2v) is 14.0. The quantitative estimate of drug-likeness (QED) is 0.201. The van der Waals surface area contributed by atoms with Gasteiger partial charge in [-0.1, -0.05) is 38.1 Å². The molecule has 0 radical (unpaired) electrons. The van der Waals surface area contributed by atoms with Crippen molar-refractivity contribution in [2.75, 3.05) is 29.0 Å². The summed E-state index contributed by atoms with van der Waals surface area (Å²) in [4.78, 5) is 39.3. The Kier molecular flexibility index (Phi) is 8.60. The minimum absolute atomic E-state index is 0.0179. The highest BCUT2D eigenvalue weighted by Crippen LogP contribution is 2.41. The van der Waals surface area contributed by atoms with Gasteiger partial charge in [0, 0.05) is 5.56 Å². The number of ketones is 2. The fourth-order valence-electron chi connectivity index (χ4n) is 5.08. The van der Waals surface area contributed by atoms with E-state index in [4.69, 9.17) is 4.74 Å². The van der Waals surface area contributed by atoms with Crippen LogP contribution in [0, 0.1) is 11.8 Å². The molecule has 0 bridgehead atoms. The molecule has 2 atom stereocenters. The lowest BCUT2D eigenvalue weighted by atomic mass is 9.67. The number of fused-ring (bicyclic) bond motifs is 2. The van der Waals surface area contributed by atoms with E-state index in [1.54, 1.807) is 25.1 Å². The molecular weight excluding hydrogens is 588 g/mol. The number of hydrogen-bond acceptors (Lipinski definition) is 11. The standard InChI is InChI=1S/C27H32N4O9S2/c1-5-40-22(32)15-31(41(4,36)37)17-10-11-20-21(14-17)42(38,39)29-26(28-20)23-24(33)18-8-6-7-9-19(18)27(30-35,25(23)34)13-12-16(2)3/h6-11,14,16,23,30,35H,5,12-13,15H2,1-4H3,(H,28,29). The Morgan fingerprint density at radius 2 is 1.90 bits per heavy atom. The summed E-state index contributed by atoms with van der Waals surface area (Å²) in [5.74, 6) is -4.29. The molecule has 13 nitrogen and oxygen atoms in total. The monoisotopic (exact) mass is 620 g/mol. The number of esters is 1. The number of benzene rings is 2. The van der Waals surface area contributed by atoms with Crippen molar-refractivity contribution in [1.82, 2.24) is 5.48 Å². The van der Waals surface area contributed by atoms with Gasteiger partial charge in [-0.05, 0) is 49.4 Å². The summed E-state index contributed by atoms with van der Waals surface area (Å²) in [5.41, 5.74) is 0.667. The summed E-state index contributed by atoms with van der Waals surface area (Å²) in [6, 6.07) is 9.85. The van der Waals surface area contributed by atoms with Crippen molar-refractivity contribution in [3.8, 4) is 0 Å². The molecule has 0 aromatic heterocycles. The molecule has 42 heavy (non-hydrogen) atoms. The maximum absolute atomic E-state index is 14.0. The van der Waals surface area contributed by atoms with Crippen LogP contribution in [0.15, 0.2) is 51.8 Å². The fraction of sp³-hybridized carbons (Fsp3) is 0.407. The van der Waals surface area contributed by atoms with Crippen LogP contribution in [0.1, 0.15) is 49.5 Å². The van der Waals surface area contributed by atoms with E-state index in [-0.39, 0.29) is 41.4 Å². The molecule has 2 aliphatic rings. The highest BCUT2D eigenvalue weighted by atomic mass is 32.2. The van der Waals surface area contributed by atoms with Crippen LogP contribution in [-0.4, -0.2) is 64.8 Å². The number of ether oxygens (including phenoxy) is 1. The predicted octanol–water partition coefficient (Wildman–Crippen LogP) is 2.22. The molecule has 4 rings (SSSR count). The van der Waals surface area contributed by atoms with Crippen LogP contribution < -0.4 is 15.1 Å². The Hall–Kier alpha value is -3.66. The van der Waals surface area contributed by atoms with E-state index in [1.165, 1.54) is 18.2 Å². The van der Waals surface area contributed by atoms with Crippen LogP contribution in [0.25, 0.3) is 0 Å². The van der Waals surface area contributed by atoms with Crippen molar-refractivity contribution in [2.24, 2.45) is 16.2 Å². The summed E-state index contributed by atoms with van der Waals surface area (Å²) in [6.07, 6.45) is 1.48. The Morgan fingerprint density at radius 1 is 1.21 bits per heavy atom. The predicted molar refractivity (Wildman–Crippen MR) is 153 cm³/mol. The van der Waals surface area contributed by atoms with Crippen molar-refractivity contribution in [2.45, 2.75) is 44.0 Å². The number of hydrogen-bond donors (Lipinski definition) is 3. The van der Waals surface area contributed by atoms with Crippen LogP contribution in [0.4, 0.5) is 11.4 Å². The van der Waals surface area contributed by atoms with Crippen LogP contribution >= 0.6 is 0 Å². The number of anilines is 2. The van der Waals surface area contributed by atoms with E-state index in [0.29, 0.717) is 10.7 Å². The van der Waals surface area contributed by atoms with Gasteiger partial charge in [0.1, 0.15) is 28.7 Å². The van der Waals surface area contributed by atoms with Gasteiger partial charge in [0.25, 0.3) is 10.0 Å².